The number of benzene rings is 2. The first-order valence-electron chi connectivity index (χ1n) is 7.77. The Morgan fingerprint density at radius 1 is 1.28 bits per heavy atom. The molecule has 5 nitrogen and oxygen atoms in total. The number of carbonyl (C=O) groups is 2. The largest absolute Gasteiger partial charge is 0.480 e. The third-order valence-corrected chi connectivity index (χ3v) is 4.48. The van der Waals surface area contributed by atoms with Crippen molar-refractivity contribution >= 4 is 39.1 Å². The summed E-state index contributed by atoms with van der Waals surface area (Å²) in [5, 5.41) is 2.75. The molecule has 1 fully saturated rings. The second kappa shape index (κ2) is 7.23. The van der Waals surface area contributed by atoms with Crippen molar-refractivity contribution in [3.63, 3.8) is 0 Å². The molecule has 1 unspecified atom stereocenters. The summed E-state index contributed by atoms with van der Waals surface area (Å²) in [6.45, 7) is 2.33. The maximum absolute atomic E-state index is 13.1. The summed E-state index contributed by atoms with van der Waals surface area (Å²) in [6, 6.07) is 11.0. The molecule has 25 heavy (non-hydrogen) atoms. The van der Waals surface area contributed by atoms with E-state index >= 15 is 0 Å². The lowest BCUT2D eigenvalue weighted by Gasteiger charge is -2.30. The molecule has 130 valence electrons. The van der Waals surface area contributed by atoms with Crippen LogP contribution in [0.1, 0.15) is 13.3 Å². The van der Waals surface area contributed by atoms with Gasteiger partial charge >= 0.3 is 0 Å². The van der Waals surface area contributed by atoms with Crippen LogP contribution in [0.5, 0.6) is 5.75 Å². The topological polar surface area (TPSA) is 58.6 Å². The normalized spacial score (nSPS) is 14.7. The minimum absolute atomic E-state index is 0.101. The molecule has 1 atom stereocenters. The lowest BCUT2D eigenvalue weighted by atomic mass is 10.1. The fraction of sp³-hybridized carbons (Fsp3) is 0.222. The molecule has 2 aromatic rings. The highest BCUT2D eigenvalue weighted by Gasteiger charge is 2.25. The van der Waals surface area contributed by atoms with Crippen LogP contribution in [-0.2, 0) is 9.59 Å². The molecule has 3 rings (SSSR count). The molecule has 0 aromatic heterocycles. The molecule has 0 saturated carbocycles. The number of amides is 2. The van der Waals surface area contributed by atoms with Gasteiger partial charge in [-0.05, 0) is 65.3 Å². The molecule has 1 saturated heterocycles. The number of carbonyl (C=O) groups excluding carboxylic acids is 2. The third kappa shape index (κ3) is 3.99. The van der Waals surface area contributed by atoms with Crippen molar-refractivity contribution in [3.05, 3.63) is 52.8 Å². The summed E-state index contributed by atoms with van der Waals surface area (Å²) in [4.78, 5) is 25.3. The molecule has 0 radical (unpaired) electrons. The Bertz CT molecular complexity index is 810. The Hall–Kier alpha value is -2.41. The van der Waals surface area contributed by atoms with Crippen molar-refractivity contribution in [1.82, 2.24) is 0 Å². The summed E-state index contributed by atoms with van der Waals surface area (Å²) in [7, 11) is 0. The average molecular weight is 407 g/mol. The van der Waals surface area contributed by atoms with E-state index in [1.807, 2.05) is 0 Å². The Balaban J connectivity index is 1.60. The Labute approximate surface area is 152 Å². The van der Waals surface area contributed by atoms with Gasteiger partial charge in [-0.25, -0.2) is 4.39 Å². The van der Waals surface area contributed by atoms with Gasteiger partial charge in [0.05, 0.1) is 4.47 Å². The van der Waals surface area contributed by atoms with Crippen molar-refractivity contribution in [2.45, 2.75) is 19.4 Å². The van der Waals surface area contributed by atoms with Gasteiger partial charge in [-0.2, -0.15) is 0 Å². The molecular formula is C18H16BrFN2O3. The lowest BCUT2D eigenvalue weighted by molar-refractivity contribution is -0.122. The van der Waals surface area contributed by atoms with Gasteiger partial charge in [0, 0.05) is 24.3 Å². The number of hydrogen-bond acceptors (Lipinski definition) is 3. The number of ether oxygens (including phenoxy) is 1. The summed E-state index contributed by atoms with van der Waals surface area (Å²) in [6.07, 6.45) is -0.190. The number of anilines is 2. The van der Waals surface area contributed by atoms with Gasteiger partial charge < -0.3 is 15.0 Å². The molecule has 0 spiro atoms. The van der Waals surface area contributed by atoms with Crippen molar-refractivity contribution in [3.8, 4) is 5.75 Å². The Kier molecular flexibility index (Phi) is 5.03. The zero-order valence-corrected chi connectivity index (χ0v) is 15.0. The standard InChI is InChI=1S/C18H16BrFN2O3/c1-11(25-16-7-2-12(20)10-15(16)19)18(24)21-13-3-5-14(6-4-13)22-9-8-17(22)23/h2-7,10-11H,8-9H2,1H3,(H,21,24). The summed E-state index contributed by atoms with van der Waals surface area (Å²) in [5.41, 5.74) is 1.42. The zero-order chi connectivity index (χ0) is 18.0. The molecule has 1 aliphatic heterocycles. The van der Waals surface area contributed by atoms with Gasteiger partial charge in [-0.3, -0.25) is 9.59 Å². The fourth-order valence-corrected chi connectivity index (χ4v) is 2.82. The lowest BCUT2D eigenvalue weighted by Crippen LogP contribution is -2.43. The van der Waals surface area contributed by atoms with E-state index in [2.05, 4.69) is 21.2 Å². The van der Waals surface area contributed by atoms with E-state index in [0.717, 1.165) is 12.2 Å². The number of halogens is 2. The van der Waals surface area contributed by atoms with E-state index in [-0.39, 0.29) is 11.8 Å². The Morgan fingerprint density at radius 3 is 2.56 bits per heavy atom. The van der Waals surface area contributed by atoms with Crippen molar-refractivity contribution in [2.24, 2.45) is 0 Å². The zero-order valence-electron chi connectivity index (χ0n) is 13.5. The summed E-state index contributed by atoms with van der Waals surface area (Å²) >= 11 is 3.20. The van der Waals surface area contributed by atoms with Crippen LogP contribution in [-0.4, -0.2) is 24.5 Å². The number of rotatable bonds is 5. The van der Waals surface area contributed by atoms with Crippen LogP contribution in [0.2, 0.25) is 0 Å². The third-order valence-electron chi connectivity index (χ3n) is 3.86. The smallest absolute Gasteiger partial charge is 0.265 e. The van der Waals surface area contributed by atoms with E-state index in [1.165, 1.54) is 18.2 Å². The quantitative estimate of drug-likeness (QED) is 0.769. The van der Waals surface area contributed by atoms with Crippen molar-refractivity contribution < 1.29 is 18.7 Å². The first-order chi connectivity index (χ1) is 11.9. The van der Waals surface area contributed by atoms with E-state index < -0.39 is 11.9 Å². The van der Waals surface area contributed by atoms with Gasteiger partial charge in [0.15, 0.2) is 6.10 Å². The molecule has 2 amide bonds. The van der Waals surface area contributed by atoms with Crippen LogP contribution in [0.3, 0.4) is 0 Å². The number of nitrogens with zero attached hydrogens (tertiary/aromatic N) is 1. The van der Waals surface area contributed by atoms with E-state index in [1.54, 1.807) is 36.1 Å². The maximum Gasteiger partial charge on any atom is 0.265 e. The minimum atomic E-state index is -0.765. The van der Waals surface area contributed by atoms with E-state index in [0.29, 0.717) is 22.3 Å². The van der Waals surface area contributed by atoms with Gasteiger partial charge in [-0.15, -0.1) is 0 Å². The van der Waals surface area contributed by atoms with E-state index in [9.17, 15) is 14.0 Å². The van der Waals surface area contributed by atoms with Crippen LogP contribution < -0.4 is 15.0 Å². The molecule has 1 heterocycles. The van der Waals surface area contributed by atoms with Gasteiger partial charge in [0.25, 0.3) is 5.91 Å². The van der Waals surface area contributed by atoms with Crippen LogP contribution in [0, 0.1) is 5.82 Å². The number of β-lactam (4-membered cyclic amide) rings is 1. The van der Waals surface area contributed by atoms with Crippen molar-refractivity contribution in [1.29, 1.82) is 0 Å². The Morgan fingerprint density at radius 2 is 2.00 bits per heavy atom. The summed E-state index contributed by atoms with van der Waals surface area (Å²) < 4.78 is 19.1. The van der Waals surface area contributed by atoms with Crippen LogP contribution >= 0.6 is 15.9 Å². The monoisotopic (exact) mass is 406 g/mol. The first-order valence-corrected chi connectivity index (χ1v) is 8.56. The minimum Gasteiger partial charge on any atom is -0.480 e. The highest BCUT2D eigenvalue weighted by molar-refractivity contribution is 9.10. The van der Waals surface area contributed by atoms with E-state index in [4.69, 9.17) is 4.74 Å². The second-order valence-electron chi connectivity index (χ2n) is 5.67. The first kappa shape index (κ1) is 17.4. The molecule has 1 aliphatic rings. The van der Waals surface area contributed by atoms with Crippen LogP contribution in [0.25, 0.3) is 0 Å². The SMILES string of the molecule is CC(Oc1ccc(F)cc1Br)C(=O)Nc1ccc(N2CCC2=O)cc1. The highest BCUT2D eigenvalue weighted by atomic mass is 79.9. The molecule has 2 aromatic carbocycles. The molecule has 7 heteroatoms. The molecular weight excluding hydrogens is 391 g/mol. The van der Waals surface area contributed by atoms with Gasteiger partial charge in [0.1, 0.15) is 11.6 Å². The average Bonchev–Trinajstić information content (AvgIpc) is 2.57. The van der Waals surface area contributed by atoms with Gasteiger partial charge in [-0.1, -0.05) is 0 Å². The van der Waals surface area contributed by atoms with Gasteiger partial charge in [0.2, 0.25) is 5.91 Å². The highest BCUT2D eigenvalue weighted by Crippen LogP contribution is 2.27. The van der Waals surface area contributed by atoms with Crippen LogP contribution in [0.15, 0.2) is 46.9 Å². The number of hydrogen-bond donors (Lipinski definition) is 1. The number of nitrogens with one attached hydrogen (secondary N) is 1. The van der Waals surface area contributed by atoms with Crippen LogP contribution in [0.4, 0.5) is 15.8 Å². The summed E-state index contributed by atoms with van der Waals surface area (Å²) in [5.74, 6) is -0.236. The predicted octanol–water partition coefficient (Wildman–Crippen LogP) is 3.73. The predicted molar refractivity (Wildman–Crippen MR) is 96.2 cm³/mol. The van der Waals surface area contributed by atoms with Crippen molar-refractivity contribution in [2.75, 3.05) is 16.8 Å². The molecule has 0 aliphatic carbocycles. The molecule has 1 N–H and O–H groups in total. The second-order valence-corrected chi connectivity index (χ2v) is 6.52. The maximum atomic E-state index is 13.1. The fourth-order valence-electron chi connectivity index (χ4n) is 2.37. The molecule has 0 bridgehead atoms.